The Morgan fingerprint density at radius 3 is 1.90 bits per heavy atom. The van der Waals surface area contributed by atoms with Crippen LogP contribution in [0.15, 0.2) is 216 Å². The number of fused-ring (bicyclic) bond motifs is 3. The van der Waals surface area contributed by atoms with E-state index < -0.39 is 0 Å². The maximum Gasteiger partial charge on any atom is 0.160 e. The van der Waals surface area contributed by atoms with E-state index in [9.17, 15) is 0 Å². The molecular formula is C59H49N3. The lowest BCUT2D eigenvalue weighted by Crippen LogP contribution is -2.16. The van der Waals surface area contributed by atoms with Gasteiger partial charge in [0.05, 0.1) is 22.4 Å². The quantitative estimate of drug-likeness (QED) is 0.139. The standard InChI is InChI=1S/C59H49N3/c1-5-49(43-23-11-7-12-24-43)50-31-15-16-32-51(50)53-38-54-52-33-17-18-34-55(52)62(56(54)35-39(53)2)48-30-20-29-47(37-48)58-41(4)40(3)57(60-59(61-58)44-25-13-8-14-26-44)46-28-19-27-45(36-46)42-21-9-6-10-22-42/h6-38,41,49H,5H2,1-4H3. The van der Waals surface area contributed by atoms with E-state index in [0.29, 0.717) is 11.8 Å². The number of hydrogen-bond acceptors (Lipinski definition) is 2. The molecule has 0 bridgehead atoms. The number of rotatable bonds is 9. The minimum Gasteiger partial charge on any atom is -0.309 e. The molecule has 0 amide bonds. The molecule has 0 spiro atoms. The lowest BCUT2D eigenvalue weighted by molar-refractivity contribution is 0.779. The van der Waals surface area contributed by atoms with Crippen molar-refractivity contribution in [3.63, 3.8) is 0 Å². The number of nitrogens with zero attached hydrogens (tertiary/aromatic N) is 3. The SMILES string of the molecule is CCC(c1ccccc1)c1ccccc1-c1cc2c3ccccc3n(-c3cccc(C4=NC(c5ccccc5)=NC(c5cccc(-c6ccccc6)c5)=C(C)C4C)c3)c2cc1C. The van der Waals surface area contributed by atoms with Gasteiger partial charge in [-0.15, -0.1) is 0 Å². The van der Waals surface area contributed by atoms with Gasteiger partial charge in [0, 0.05) is 39.4 Å². The van der Waals surface area contributed by atoms with E-state index in [2.05, 4.69) is 226 Å². The molecule has 300 valence electrons. The van der Waals surface area contributed by atoms with Gasteiger partial charge in [0.15, 0.2) is 5.84 Å². The topological polar surface area (TPSA) is 29.6 Å². The summed E-state index contributed by atoms with van der Waals surface area (Å²) in [6.07, 6.45) is 1.03. The second-order valence-corrected chi connectivity index (χ2v) is 16.5. The molecule has 0 N–H and O–H groups in total. The zero-order valence-electron chi connectivity index (χ0n) is 35.8. The van der Waals surface area contributed by atoms with Crippen LogP contribution in [0.4, 0.5) is 0 Å². The first-order chi connectivity index (χ1) is 30.5. The van der Waals surface area contributed by atoms with Gasteiger partial charge in [0.1, 0.15) is 0 Å². The Hall–Kier alpha value is -7.36. The second-order valence-electron chi connectivity index (χ2n) is 16.5. The Bertz CT molecular complexity index is 3190. The minimum absolute atomic E-state index is 0.00329. The number of aliphatic imine (C=N–C) groups is 2. The number of benzene rings is 8. The highest BCUT2D eigenvalue weighted by molar-refractivity contribution is 6.17. The number of amidine groups is 1. The highest BCUT2D eigenvalue weighted by Gasteiger charge is 2.25. The van der Waals surface area contributed by atoms with Crippen molar-refractivity contribution in [2.24, 2.45) is 15.9 Å². The summed E-state index contributed by atoms with van der Waals surface area (Å²) in [5, 5.41) is 2.48. The maximum atomic E-state index is 5.48. The van der Waals surface area contributed by atoms with Crippen molar-refractivity contribution in [1.29, 1.82) is 0 Å². The number of allylic oxidation sites excluding steroid dienone is 1. The molecule has 10 rings (SSSR count). The summed E-state index contributed by atoms with van der Waals surface area (Å²) < 4.78 is 2.44. The normalized spacial score (nSPS) is 14.7. The number of aromatic nitrogens is 1. The van der Waals surface area contributed by atoms with Crippen LogP contribution in [-0.4, -0.2) is 16.1 Å². The van der Waals surface area contributed by atoms with Crippen LogP contribution in [-0.2, 0) is 0 Å². The molecule has 62 heavy (non-hydrogen) atoms. The fraction of sp³-hybridized carbons (Fsp3) is 0.119. The van der Waals surface area contributed by atoms with Gasteiger partial charge in [0.25, 0.3) is 0 Å². The molecule has 3 nitrogen and oxygen atoms in total. The van der Waals surface area contributed by atoms with Gasteiger partial charge in [-0.3, -0.25) is 0 Å². The van der Waals surface area contributed by atoms with Crippen molar-refractivity contribution in [2.45, 2.75) is 40.0 Å². The third-order valence-corrected chi connectivity index (χ3v) is 12.8. The molecule has 0 aliphatic carbocycles. The van der Waals surface area contributed by atoms with Crippen molar-refractivity contribution >= 4 is 39.1 Å². The average molecular weight is 800 g/mol. The zero-order valence-corrected chi connectivity index (χ0v) is 35.8. The van der Waals surface area contributed by atoms with Crippen LogP contribution >= 0.6 is 0 Å². The van der Waals surface area contributed by atoms with Gasteiger partial charge in [-0.2, -0.15) is 0 Å². The van der Waals surface area contributed by atoms with Gasteiger partial charge in [-0.1, -0.05) is 178 Å². The molecule has 1 aliphatic heterocycles. The predicted octanol–water partition coefficient (Wildman–Crippen LogP) is 15.3. The van der Waals surface area contributed by atoms with Crippen molar-refractivity contribution < 1.29 is 0 Å². The molecule has 0 radical (unpaired) electrons. The molecule has 2 atom stereocenters. The summed E-state index contributed by atoms with van der Waals surface area (Å²) in [6, 6.07) is 72.3. The fourth-order valence-corrected chi connectivity index (χ4v) is 9.50. The smallest absolute Gasteiger partial charge is 0.160 e. The Kier molecular flexibility index (Phi) is 10.4. The van der Waals surface area contributed by atoms with Gasteiger partial charge >= 0.3 is 0 Å². The third kappa shape index (κ3) is 7.10. The molecule has 0 saturated heterocycles. The molecule has 9 aromatic rings. The highest BCUT2D eigenvalue weighted by atomic mass is 15.0. The number of para-hydroxylation sites is 1. The summed E-state index contributed by atoms with van der Waals surface area (Å²) in [6.45, 7) is 9.06. The third-order valence-electron chi connectivity index (χ3n) is 12.8. The van der Waals surface area contributed by atoms with E-state index in [1.54, 1.807) is 0 Å². The molecule has 3 heteroatoms. The van der Waals surface area contributed by atoms with E-state index in [4.69, 9.17) is 9.98 Å². The molecule has 0 fully saturated rings. The first-order valence-electron chi connectivity index (χ1n) is 21.8. The fourth-order valence-electron chi connectivity index (χ4n) is 9.50. The van der Waals surface area contributed by atoms with E-state index in [0.717, 1.165) is 40.2 Å². The van der Waals surface area contributed by atoms with Crippen LogP contribution in [0, 0.1) is 12.8 Å². The van der Waals surface area contributed by atoms with Crippen LogP contribution in [0.2, 0.25) is 0 Å². The van der Waals surface area contributed by atoms with Crippen LogP contribution < -0.4 is 0 Å². The molecule has 2 unspecified atom stereocenters. The Balaban J connectivity index is 1.10. The van der Waals surface area contributed by atoms with E-state index in [1.807, 2.05) is 6.07 Å². The van der Waals surface area contributed by atoms with Gasteiger partial charge < -0.3 is 4.57 Å². The van der Waals surface area contributed by atoms with Crippen LogP contribution in [0.25, 0.3) is 55.4 Å². The number of aryl methyl sites for hydroxylation is 1. The zero-order chi connectivity index (χ0) is 42.2. The van der Waals surface area contributed by atoms with Crippen molar-refractivity contribution in [3.8, 4) is 27.9 Å². The molecular weight excluding hydrogens is 751 g/mol. The summed E-state index contributed by atoms with van der Waals surface area (Å²) >= 11 is 0. The number of hydrogen-bond donors (Lipinski definition) is 0. The van der Waals surface area contributed by atoms with E-state index in [1.165, 1.54) is 66.3 Å². The molecule has 0 saturated carbocycles. The Morgan fingerprint density at radius 1 is 0.500 bits per heavy atom. The van der Waals surface area contributed by atoms with Gasteiger partial charge in [-0.05, 0) is 107 Å². The first kappa shape index (κ1) is 38.8. The summed E-state index contributed by atoms with van der Waals surface area (Å²) in [4.78, 5) is 10.9. The Labute approximate surface area is 365 Å². The maximum absolute atomic E-state index is 5.48. The monoisotopic (exact) mass is 799 g/mol. The highest BCUT2D eigenvalue weighted by Crippen LogP contribution is 2.41. The van der Waals surface area contributed by atoms with E-state index >= 15 is 0 Å². The first-order valence-corrected chi connectivity index (χ1v) is 21.8. The molecule has 1 aliphatic rings. The lowest BCUT2D eigenvalue weighted by Gasteiger charge is -2.21. The summed E-state index contributed by atoms with van der Waals surface area (Å²) in [5.41, 5.74) is 18.7. The van der Waals surface area contributed by atoms with Gasteiger partial charge in [-0.25, -0.2) is 9.98 Å². The predicted molar refractivity (Wildman–Crippen MR) is 263 cm³/mol. The lowest BCUT2D eigenvalue weighted by atomic mass is 9.83. The summed E-state index contributed by atoms with van der Waals surface area (Å²) in [5.74, 6) is 1.02. The molecule has 8 aromatic carbocycles. The van der Waals surface area contributed by atoms with Crippen LogP contribution in [0.3, 0.4) is 0 Å². The second kappa shape index (κ2) is 16.6. The van der Waals surface area contributed by atoms with Crippen molar-refractivity contribution in [1.82, 2.24) is 4.57 Å². The molecule has 2 heterocycles. The minimum atomic E-state index is -0.00329. The summed E-state index contributed by atoms with van der Waals surface area (Å²) in [7, 11) is 0. The van der Waals surface area contributed by atoms with Gasteiger partial charge in [0.2, 0.25) is 0 Å². The van der Waals surface area contributed by atoms with Crippen molar-refractivity contribution in [2.75, 3.05) is 0 Å². The van der Waals surface area contributed by atoms with Crippen molar-refractivity contribution in [3.05, 3.63) is 239 Å². The molecule has 1 aromatic heterocycles. The average Bonchev–Trinajstić information content (AvgIpc) is 3.58. The van der Waals surface area contributed by atoms with E-state index in [-0.39, 0.29) is 5.92 Å². The van der Waals surface area contributed by atoms with Crippen LogP contribution in [0.5, 0.6) is 0 Å². The largest absolute Gasteiger partial charge is 0.309 e. The Morgan fingerprint density at radius 2 is 1.13 bits per heavy atom. The van der Waals surface area contributed by atoms with Crippen LogP contribution in [0.1, 0.15) is 66.5 Å².